The third-order valence-corrected chi connectivity index (χ3v) is 3.65. The molecule has 3 aromatic rings. The third-order valence-electron chi connectivity index (χ3n) is 3.18. The maximum Gasteiger partial charge on any atom is 0.132 e. The fourth-order valence-corrected chi connectivity index (χ4v) is 2.47. The van der Waals surface area contributed by atoms with E-state index in [0.29, 0.717) is 21.6 Å². The molecule has 0 fully saturated rings. The highest BCUT2D eigenvalue weighted by Gasteiger charge is 2.14. The van der Waals surface area contributed by atoms with Gasteiger partial charge in [0.25, 0.3) is 0 Å². The van der Waals surface area contributed by atoms with Gasteiger partial charge in [0.2, 0.25) is 0 Å². The summed E-state index contributed by atoms with van der Waals surface area (Å²) in [4.78, 5) is 4.49. The van der Waals surface area contributed by atoms with Gasteiger partial charge in [0, 0.05) is 10.9 Å². The van der Waals surface area contributed by atoms with E-state index in [1.807, 2.05) is 37.3 Å². The van der Waals surface area contributed by atoms with Gasteiger partial charge >= 0.3 is 0 Å². The highest BCUT2D eigenvalue weighted by atomic mass is 35.5. The number of hydrogen-bond donors (Lipinski definition) is 0. The molecule has 0 amide bonds. The molecule has 1 aromatic heterocycles. The highest BCUT2D eigenvalue weighted by molar-refractivity contribution is 6.34. The molecule has 0 spiro atoms. The zero-order valence-corrected chi connectivity index (χ0v) is 11.1. The zero-order chi connectivity index (χ0) is 13.4. The Labute approximate surface area is 115 Å². The lowest BCUT2D eigenvalue weighted by Gasteiger charge is -2.10. The van der Waals surface area contributed by atoms with Crippen LogP contribution in [0.5, 0.6) is 0 Å². The lowest BCUT2D eigenvalue weighted by Crippen LogP contribution is -1.93. The summed E-state index contributed by atoms with van der Waals surface area (Å²) in [7, 11) is 0. The van der Waals surface area contributed by atoms with Crippen LogP contribution in [0.2, 0.25) is 5.02 Å². The molecule has 2 aromatic carbocycles. The van der Waals surface area contributed by atoms with Crippen LogP contribution >= 0.6 is 11.6 Å². The van der Waals surface area contributed by atoms with Crippen molar-refractivity contribution in [2.24, 2.45) is 0 Å². The first-order valence-electron chi connectivity index (χ1n) is 5.98. The first kappa shape index (κ1) is 12.1. The molecule has 0 aliphatic carbocycles. The molecule has 0 saturated carbocycles. The van der Waals surface area contributed by atoms with Crippen LogP contribution in [0.4, 0.5) is 4.39 Å². The van der Waals surface area contributed by atoms with Crippen molar-refractivity contribution < 1.29 is 4.39 Å². The Morgan fingerprint density at radius 3 is 2.47 bits per heavy atom. The molecule has 0 atom stereocenters. The predicted molar refractivity (Wildman–Crippen MR) is 76.9 cm³/mol. The maximum atomic E-state index is 13.9. The van der Waals surface area contributed by atoms with E-state index >= 15 is 0 Å². The minimum absolute atomic E-state index is 0.288. The van der Waals surface area contributed by atoms with E-state index in [1.165, 1.54) is 6.07 Å². The van der Waals surface area contributed by atoms with Crippen molar-refractivity contribution >= 4 is 22.5 Å². The zero-order valence-electron chi connectivity index (χ0n) is 10.3. The molecule has 0 bridgehead atoms. The van der Waals surface area contributed by atoms with Crippen molar-refractivity contribution in [3.8, 4) is 11.3 Å². The van der Waals surface area contributed by atoms with Crippen molar-refractivity contribution in [1.29, 1.82) is 0 Å². The Balaban J connectivity index is 2.37. The molecule has 3 rings (SSSR count). The number of halogens is 2. The standard InChI is InChI=1S/C16H11ClFN/c1-10-14-12(18)8-5-9-13(14)19-16(15(10)17)11-6-3-2-4-7-11/h2-9H,1H3. The number of fused-ring (bicyclic) bond motifs is 1. The van der Waals surface area contributed by atoms with Gasteiger partial charge in [-0.25, -0.2) is 9.37 Å². The number of nitrogens with zero attached hydrogens (tertiary/aromatic N) is 1. The average molecular weight is 272 g/mol. The van der Waals surface area contributed by atoms with Gasteiger partial charge in [0.15, 0.2) is 0 Å². The van der Waals surface area contributed by atoms with Crippen LogP contribution in [0, 0.1) is 12.7 Å². The first-order valence-corrected chi connectivity index (χ1v) is 6.36. The Kier molecular flexibility index (Phi) is 2.96. The van der Waals surface area contributed by atoms with Crippen LogP contribution in [0.1, 0.15) is 5.56 Å². The van der Waals surface area contributed by atoms with Gasteiger partial charge < -0.3 is 0 Å². The number of pyridine rings is 1. The van der Waals surface area contributed by atoms with Crippen molar-refractivity contribution in [2.45, 2.75) is 6.92 Å². The molecule has 19 heavy (non-hydrogen) atoms. The molecule has 94 valence electrons. The van der Waals surface area contributed by atoms with E-state index in [4.69, 9.17) is 11.6 Å². The molecule has 0 aliphatic rings. The molecule has 0 N–H and O–H groups in total. The summed E-state index contributed by atoms with van der Waals surface area (Å²) >= 11 is 6.35. The van der Waals surface area contributed by atoms with E-state index in [2.05, 4.69) is 4.98 Å². The Morgan fingerprint density at radius 2 is 1.74 bits per heavy atom. The van der Waals surface area contributed by atoms with E-state index < -0.39 is 0 Å². The van der Waals surface area contributed by atoms with Gasteiger partial charge in [-0.3, -0.25) is 0 Å². The van der Waals surface area contributed by atoms with E-state index in [1.54, 1.807) is 12.1 Å². The second-order valence-corrected chi connectivity index (χ2v) is 4.78. The Morgan fingerprint density at radius 1 is 1.00 bits per heavy atom. The largest absolute Gasteiger partial charge is 0.246 e. The molecular formula is C16H11ClFN. The number of aromatic nitrogens is 1. The van der Waals surface area contributed by atoms with Gasteiger partial charge in [-0.2, -0.15) is 0 Å². The van der Waals surface area contributed by atoms with Crippen molar-refractivity contribution in [3.05, 3.63) is 64.9 Å². The summed E-state index contributed by atoms with van der Waals surface area (Å²) in [5.74, 6) is -0.288. The Hall–Kier alpha value is -1.93. The van der Waals surface area contributed by atoms with Crippen molar-refractivity contribution in [3.63, 3.8) is 0 Å². The fourth-order valence-electron chi connectivity index (χ4n) is 2.22. The minimum atomic E-state index is -0.288. The van der Waals surface area contributed by atoms with E-state index in [0.717, 1.165) is 11.1 Å². The van der Waals surface area contributed by atoms with Gasteiger partial charge in [-0.1, -0.05) is 48.0 Å². The second kappa shape index (κ2) is 4.63. The van der Waals surface area contributed by atoms with Crippen LogP contribution in [0.3, 0.4) is 0 Å². The third kappa shape index (κ3) is 1.98. The summed E-state index contributed by atoms with van der Waals surface area (Å²) in [6, 6.07) is 14.6. The van der Waals surface area contributed by atoms with Crippen LogP contribution in [-0.2, 0) is 0 Å². The molecule has 3 heteroatoms. The van der Waals surface area contributed by atoms with Crippen LogP contribution in [0.15, 0.2) is 48.5 Å². The maximum absolute atomic E-state index is 13.9. The number of hydrogen-bond acceptors (Lipinski definition) is 1. The summed E-state index contributed by atoms with van der Waals surface area (Å²) in [5, 5.41) is 0.996. The summed E-state index contributed by atoms with van der Waals surface area (Å²) in [6.45, 7) is 1.82. The molecule has 1 nitrogen and oxygen atoms in total. The number of aryl methyl sites for hydroxylation is 1. The molecule has 0 saturated heterocycles. The van der Waals surface area contributed by atoms with Crippen LogP contribution in [0.25, 0.3) is 22.2 Å². The molecular weight excluding hydrogens is 261 g/mol. The summed E-state index contributed by atoms with van der Waals surface area (Å²) < 4.78 is 13.9. The van der Waals surface area contributed by atoms with Gasteiger partial charge in [0.1, 0.15) is 5.82 Å². The van der Waals surface area contributed by atoms with Crippen LogP contribution < -0.4 is 0 Å². The lowest BCUT2D eigenvalue weighted by atomic mass is 10.0. The smallest absolute Gasteiger partial charge is 0.132 e. The predicted octanol–water partition coefficient (Wildman–Crippen LogP) is 5.00. The molecule has 0 unspecified atom stereocenters. The van der Waals surface area contributed by atoms with Gasteiger partial charge in [-0.15, -0.1) is 0 Å². The van der Waals surface area contributed by atoms with Crippen molar-refractivity contribution in [2.75, 3.05) is 0 Å². The van der Waals surface area contributed by atoms with E-state index in [9.17, 15) is 4.39 Å². The molecule has 0 radical (unpaired) electrons. The normalized spacial score (nSPS) is 10.9. The number of rotatable bonds is 1. The summed E-state index contributed by atoms with van der Waals surface area (Å²) in [6.07, 6.45) is 0. The minimum Gasteiger partial charge on any atom is -0.246 e. The number of benzene rings is 2. The van der Waals surface area contributed by atoms with Gasteiger partial charge in [-0.05, 0) is 24.6 Å². The summed E-state index contributed by atoms with van der Waals surface area (Å²) in [5.41, 5.74) is 2.98. The molecule has 1 heterocycles. The quantitative estimate of drug-likeness (QED) is 0.607. The van der Waals surface area contributed by atoms with E-state index in [-0.39, 0.29) is 5.82 Å². The van der Waals surface area contributed by atoms with Gasteiger partial charge in [0.05, 0.1) is 16.2 Å². The average Bonchev–Trinajstić information content (AvgIpc) is 2.43. The fraction of sp³-hybridized carbons (Fsp3) is 0.0625. The monoisotopic (exact) mass is 271 g/mol. The lowest BCUT2D eigenvalue weighted by molar-refractivity contribution is 0.639. The Bertz CT molecular complexity index is 754. The highest BCUT2D eigenvalue weighted by Crippen LogP contribution is 2.34. The van der Waals surface area contributed by atoms with Crippen molar-refractivity contribution in [1.82, 2.24) is 4.98 Å². The first-order chi connectivity index (χ1) is 9.18. The second-order valence-electron chi connectivity index (χ2n) is 4.40. The molecule has 0 aliphatic heterocycles. The topological polar surface area (TPSA) is 12.9 Å². The SMILES string of the molecule is Cc1c(Cl)c(-c2ccccc2)nc2cccc(F)c12. The van der Waals surface area contributed by atoms with Crippen LogP contribution in [-0.4, -0.2) is 4.98 Å².